The molecule has 25 heavy (non-hydrogen) atoms. The van der Waals surface area contributed by atoms with Crippen molar-refractivity contribution in [2.75, 3.05) is 0 Å². The van der Waals surface area contributed by atoms with Crippen LogP contribution in [0, 0.1) is 12.7 Å². The number of carboxylic acids is 1. The Kier molecular flexibility index (Phi) is 4.04. The summed E-state index contributed by atoms with van der Waals surface area (Å²) in [6, 6.07) is 10.7. The SMILES string of the molecule is Cc1c(C(C)C(=O)O)c2cc(O)c(F)cc2n1C(=O)c1ccccc1. The van der Waals surface area contributed by atoms with Crippen LogP contribution in [0.1, 0.15) is 34.5 Å². The van der Waals surface area contributed by atoms with Crippen molar-refractivity contribution in [3.05, 3.63) is 65.1 Å². The predicted octanol–water partition coefficient (Wildman–Crippen LogP) is 3.67. The van der Waals surface area contributed by atoms with Gasteiger partial charge in [0.1, 0.15) is 0 Å². The van der Waals surface area contributed by atoms with Crippen LogP contribution in [-0.2, 0) is 4.79 Å². The van der Waals surface area contributed by atoms with Gasteiger partial charge in [0.15, 0.2) is 11.6 Å². The van der Waals surface area contributed by atoms with E-state index >= 15 is 0 Å². The number of aromatic nitrogens is 1. The lowest BCUT2D eigenvalue weighted by Gasteiger charge is -2.09. The normalized spacial score (nSPS) is 12.3. The number of fused-ring (bicyclic) bond motifs is 1. The van der Waals surface area contributed by atoms with E-state index in [9.17, 15) is 24.2 Å². The molecule has 0 aliphatic heterocycles. The molecule has 1 heterocycles. The first-order chi connectivity index (χ1) is 11.8. The molecule has 0 saturated heterocycles. The van der Waals surface area contributed by atoms with E-state index in [2.05, 4.69) is 0 Å². The lowest BCUT2D eigenvalue weighted by atomic mass is 9.98. The quantitative estimate of drug-likeness (QED) is 0.762. The molecule has 0 fully saturated rings. The van der Waals surface area contributed by atoms with Crippen molar-refractivity contribution in [1.82, 2.24) is 4.57 Å². The summed E-state index contributed by atoms with van der Waals surface area (Å²) < 4.78 is 15.2. The summed E-state index contributed by atoms with van der Waals surface area (Å²) in [5, 5.41) is 19.4. The van der Waals surface area contributed by atoms with Gasteiger partial charge in [0.05, 0.1) is 11.4 Å². The molecule has 2 aromatic carbocycles. The third-order valence-corrected chi connectivity index (χ3v) is 4.35. The Morgan fingerprint density at radius 3 is 2.40 bits per heavy atom. The number of hydrogen-bond acceptors (Lipinski definition) is 3. The van der Waals surface area contributed by atoms with Crippen molar-refractivity contribution >= 4 is 22.8 Å². The fourth-order valence-corrected chi connectivity index (χ4v) is 3.09. The van der Waals surface area contributed by atoms with Crippen LogP contribution < -0.4 is 0 Å². The monoisotopic (exact) mass is 341 g/mol. The zero-order valence-electron chi connectivity index (χ0n) is 13.7. The second-order valence-electron chi connectivity index (χ2n) is 5.89. The zero-order valence-corrected chi connectivity index (χ0v) is 13.7. The van der Waals surface area contributed by atoms with E-state index in [1.54, 1.807) is 37.3 Å². The number of benzene rings is 2. The molecular weight excluding hydrogens is 325 g/mol. The van der Waals surface area contributed by atoms with E-state index in [0.717, 1.165) is 6.07 Å². The highest BCUT2D eigenvalue weighted by Crippen LogP contribution is 2.35. The summed E-state index contributed by atoms with van der Waals surface area (Å²) in [5.74, 6) is -3.84. The van der Waals surface area contributed by atoms with Crippen molar-refractivity contribution in [2.45, 2.75) is 19.8 Å². The molecular formula is C19H16FNO4. The van der Waals surface area contributed by atoms with Gasteiger partial charge in [-0.1, -0.05) is 18.2 Å². The maximum absolute atomic E-state index is 13.9. The number of carboxylic acid groups (broad SMARTS) is 1. The Labute approximate surface area is 142 Å². The standard InChI is InChI=1S/C19H16FNO4/c1-10(19(24)25)17-11(2)21(18(23)12-6-4-3-5-7-12)15-9-14(20)16(22)8-13(15)17/h3-10,22H,1-2H3,(H,24,25). The highest BCUT2D eigenvalue weighted by atomic mass is 19.1. The van der Waals surface area contributed by atoms with Crippen molar-refractivity contribution in [1.29, 1.82) is 0 Å². The number of hydrogen-bond donors (Lipinski definition) is 2. The average Bonchev–Trinajstić information content (AvgIpc) is 2.86. The van der Waals surface area contributed by atoms with Gasteiger partial charge in [0, 0.05) is 22.7 Å². The Bertz CT molecular complexity index is 992. The molecule has 1 atom stereocenters. The largest absolute Gasteiger partial charge is 0.505 e. The molecule has 1 aromatic heterocycles. The van der Waals surface area contributed by atoms with Crippen LogP contribution in [0.3, 0.4) is 0 Å². The molecule has 0 aliphatic carbocycles. The predicted molar refractivity (Wildman–Crippen MR) is 90.5 cm³/mol. The number of aliphatic carboxylic acids is 1. The minimum atomic E-state index is -1.07. The second kappa shape index (κ2) is 6.05. The summed E-state index contributed by atoms with van der Waals surface area (Å²) in [6.45, 7) is 3.10. The Balaban J connectivity index is 2.35. The van der Waals surface area contributed by atoms with Crippen molar-refractivity contribution in [3.63, 3.8) is 0 Å². The summed E-state index contributed by atoms with van der Waals surface area (Å²) in [4.78, 5) is 24.4. The summed E-state index contributed by atoms with van der Waals surface area (Å²) in [7, 11) is 0. The maximum Gasteiger partial charge on any atom is 0.310 e. The highest BCUT2D eigenvalue weighted by molar-refractivity contribution is 6.05. The van der Waals surface area contributed by atoms with Crippen molar-refractivity contribution in [3.8, 4) is 5.75 Å². The fourth-order valence-electron chi connectivity index (χ4n) is 3.09. The number of carbonyl (C=O) groups is 2. The first-order valence-electron chi connectivity index (χ1n) is 7.69. The van der Waals surface area contributed by atoms with E-state index in [0.29, 0.717) is 22.2 Å². The molecule has 6 heteroatoms. The minimum Gasteiger partial charge on any atom is -0.505 e. The number of aromatic hydroxyl groups is 1. The van der Waals surface area contributed by atoms with Gasteiger partial charge in [-0.25, -0.2) is 4.39 Å². The topological polar surface area (TPSA) is 79.5 Å². The summed E-state index contributed by atoms with van der Waals surface area (Å²) in [6.07, 6.45) is 0. The number of carbonyl (C=O) groups excluding carboxylic acids is 1. The molecule has 128 valence electrons. The molecule has 5 nitrogen and oxygen atoms in total. The van der Waals surface area contributed by atoms with Gasteiger partial charge in [-0.2, -0.15) is 0 Å². The Hall–Kier alpha value is -3.15. The highest BCUT2D eigenvalue weighted by Gasteiger charge is 2.27. The smallest absolute Gasteiger partial charge is 0.310 e. The van der Waals surface area contributed by atoms with Crippen LogP contribution in [0.2, 0.25) is 0 Å². The van der Waals surface area contributed by atoms with Gasteiger partial charge in [-0.15, -0.1) is 0 Å². The Morgan fingerprint density at radius 2 is 1.80 bits per heavy atom. The molecule has 0 saturated carbocycles. The van der Waals surface area contributed by atoms with Crippen molar-refractivity contribution in [2.24, 2.45) is 0 Å². The molecule has 2 N–H and O–H groups in total. The lowest BCUT2D eigenvalue weighted by molar-refractivity contribution is -0.138. The van der Waals surface area contributed by atoms with Crippen LogP contribution in [0.15, 0.2) is 42.5 Å². The molecule has 1 unspecified atom stereocenters. The number of rotatable bonds is 3. The van der Waals surface area contributed by atoms with Crippen LogP contribution in [0.5, 0.6) is 5.75 Å². The molecule has 0 radical (unpaired) electrons. The van der Waals surface area contributed by atoms with E-state index in [-0.39, 0.29) is 5.52 Å². The molecule has 3 rings (SSSR count). The molecule has 0 amide bonds. The number of phenolic OH excluding ortho intramolecular Hbond substituents is 1. The van der Waals surface area contributed by atoms with E-state index in [4.69, 9.17) is 0 Å². The fraction of sp³-hybridized carbons (Fsp3) is 0.158. The van der Waals surface area contributed by atoms with Gasteiger partial charge in [-0.05, 0) is 37.6 Å². The van der Waals surface area contributed by atoms with Gasteiger partial charge >= 0.3 is 5.97 Å². The molecule has 0 aliphatic rings. The number of phenols is 1. The first-order valence-corrected chi connectivity index (χ1v) is 7.69. The van der Waals surface area contributed by atoms with Crippen LogP contribution in [0.4, 0.5) is 4.39 Å². The van der Waals surface area contributed by atoms with Crippen LogP contribution in [0.25, 0.3) is 10.9 Å². The second-order valence-corrected chi connectivity index (χ2v) is 5.89. The average molecular weight is 341 g/mol. The van der Waals surface area contributed by atoms with Gasteiger partial charge in [-0.3, -0.25) is 14.2 Å². The van der Waals surface area contributed by atoms with E-state index < -0.39 is 29.4 Å². The van der Waals surface area contributed by atoms with Gasteiger partial charge in [0.2, 0.25) is 0 Å². The minimum absolute atomic E-state index is 0.227. The van der Waals surface area contributed by atoms with E-state index in [1.165, 1.54) is 17.6 Å². The van der Waals surface area contributed by atoms with Gasteiger partial charge in [0.25, 0.3) is 5.91 Å². The van der Waals surface area contributed by atoms with Crippen molar-refractivity contribution < 1.29 is 24.2 Å². The van der Waals surface area contributed by atoms with Crippen LogP contribution in [-0.4, -0.2) is 26.7 Å². The van der Waals surface area contributed by atoms with Gasteiger partial charge < -0.3 is 10.2 Å². The third-order valence-electron chi connectivity index (χ3n) is 4.35. The molecule has 3 aromatic rings. The molecule has 0 bridgehead atoms. The lowest BCUT2D eigenvalue weighted by Crippen LogP contribution is -2.15. The van der Waals surface area contributed by atoms with E-state index in [1.807, 2.05) is 0 Å². The Morgan fingerprint density at radius 1 is 1.16 bits per heavy atom. The molecule has 0 spiro atoms. The maximum atomic E-state index is 13.9. The third kappa shape index (κ3) is 2.65. The zero-order chi connectivity index (χ0) is 18.3. The number of halogens is 1. The number of nitrogens with zero attached hydrogens (tertiary/aromatic N) is 1. The first kappa shape index (κ1) is 16.7. The summed E-state index contributed by atoms with van der Waals surface area (Å²) in [5.41, 5.74) is 1.40. The summed E-state index contributed by atoms with van der Waals surface area (Å²) >= 11 is 0. The van der Waals surface area contributed by atoms with Crippen LogP contribution >= 0.6 is 0 Å².